The van der Waals surface area contributed by atoms with E-state index >= 15 is 0 Å². The van der Waals surface area contributed by atoms with E-state index in [-0.39, 0.29) is 18.2 Å². The first kappa shape index (κ1) is 17.3. The molecular formula is C20H17ClN4O2. The van der Waals surface area contributed by atoms with Crippen molar-refractivity contribution >= 4 is 34.9 Å². The molecule has 0 saturated carbocycles. The summed E-state index contributed by atoms with van der Waals surface area (Å²) in [4.78, 5) is 24.8. The first-order valence-corrected chi connectivity index (χ1v) is 8.94. The number of hydrogen-bond acceptors (Lipinski definition) is 3. The average Bonchev–Trinajstić information content (AvgIpc) is 3.09. The summed E-state index contributed by atoms with van der Waals surface area (Å²) in [6, 6.07) is 16.6. The van der Waals surface area contributed by atoms with Gasteiger partial charge in [-0.05, 0) is 29.3 Å². The molecule has 0 radical (unpaired) electrons. The second-order valence-corrected chi connectivity index (χ2v) is 6.82. The van der Waals surface area contributed by atoms with E-state index in [9.17, 15) is 9.59 Å². The van der Waals surface area contributed by atoms with Crippen molar-refractivity contribution in [3.05, 3.63) is 76.9 Å². The Morgan fingerprint density at radius 3 is 2.78 bits per heavy atom. The lowest BCUT2D eigenvalue weighted by atomic mass is 9.90. The topological polar surface area (TPSA) is 76.0 Å². The van der Waals surface area contributed by atoms with Crippen LogP contribution in [0.2, 0.25) is 5.02 Å². The molecule has 2 N–H and O–H groups in total. The van der Waals surface area contributed by atoms with E-state index in [4.69, 9.17) is 11.6 Å². The van der Waals surface area contributed by atoms with E-state index < -0.39 is 5.92 Å². The summed E-state index contributed by atoms with van der Waals surface area (Å²) in [6.45, 7) is 0.502. The third kappa shape index (κ3) is 3.71. The molecule has 0 spiro atoms. The molecule has 2 heterocycles. The van der Waals surface area contributed by atoms with Gasteiger partial charge in [0.25, 0.3) is 0 Å². The number of aromatic nitrogens is 2. The Morgan fingerprint density at radius 2 is 1.96 bits per heavy atom. The van der Waals surface area contributed by atoms with Crippen molar-refractivity contribution < 1.29 is 9.59 Å². The van der Waals surface area contributed by atoms with Crippen LogP contribution in [0, 0.1) is 0 Å². The summed E-state index contributed by atoms with van der Waals surface area (Å²) in [5.74, 6) is -0.342. The second-order valence-electron chi connectivity index (χ2n) is 6.38. The molecule has 2 amide bonds. The van der Waals surface area contributed by atoms with Crippen LogP contribution in [0.25, 0.3) is 0 Å². The zero-order valence-corrected chi connectivity index (χ0v) is 15.1. The first-order chi connectivity index (χ1) is 13.1. The van der Waals surface area contributed by atoms with Gasteiger partial charge < -0.3 is 10.6 Å². The van der Waals surface area contributed by atoms with Crippen LogP contribution >= 0.6 is 11.6 Å². The van der Waals surface area contributed by atoms with E-state index in [1.165, 1.54) is 0 Å². The number of halogens is 1. The summed E-state index contributed by atoms with van der Waals surface area (Å²) in [7, 11) is 0. The van der Waals surface area contributed by atoms with Crippen LogP contribution in [0.4, 0.5) is 11.5 Å². The Bertz CT molecular complexity index is 997. The highest BCUT2D eigenvalue weighted by atomic mass is 35.5. The highest BCUT2D eigenvalue weighted by molar-refractivity contribution is 6.30. The molecule has 27 heavy (non-hydrogen) atoms. The minimum Gasteiger partial charge on any atom is -0.326 e. The van der Waals surface area contributed by atoms with Crippen molar-refractivity contribution in [2.45, 2.75) is 18.9 Å². The summed E-state index contributed by atoms with van der Waals surface area (Å²) in [5.41, 5.74) is 2.52. The maximum atomic E-state index is 12.9. The van der Waals surface area contributed by atoms with Crippen molar-refractivity contribution in [3.8, 4) is 0 Å². The number of nitrogens with zero attached hydrogens (tertiary/aromatic N) is 2. The molecule has 2 aromatic carbocycles. The van der Waals surface area contributed by atoms with Crippen LogP contribution < -0.4 is 10.6 Å². The molecule has 6 nitrogen and oxygen atoms in total. The molecule has 0 aliphatic carbocycles. The molecule has 1 aromatic heterocycles. The third-order valence-corrected chi connectivity index (χ3v) is 4.78. The maximum Gasteiger partial charge on any atom is 0.233 e. The number of carbonyl (C=O) groups is 2. The minimum atomic E-state index is -0.533. The van der Waals surface area contributed by atoms with Gasteiger partial charge in [0.15, 0.2) is 0 Å². The van der Waals surface area contributed by atoms with E-state index in [2.05, 4.69) is 15.7 Å². The lowest BCUT2D eigenvalue weighted by molar-refractivity contribution is -0.123. The van der Waals surface area contributed by atoms with Gasteiger partial charge in [0.2, 0.25) is 11.8 Å². The largest absolute Gasteiger partial charge is 0.326 e. The van der Waals surface area contributed by atoms with Crippen molar-refractivity contribution in [3.63, 3.8) is 0 Å². The Labute approximate surface area is 161 Å². The molecule has 0 bridgehead atoms. The molecule has 136 valence electrons. The summed E-state index contributed by atoms with van der Waals surface area (Å²) >= 11 is 5.92. The average molecular weight is 381 g/mol. The lowest BCUT2D eigenvalue weighted by Crippen LogP contribution is -2.31. The minimum absolute atomic E-state index is 0.119. The van der Waals surface area contributed by atoms with E-state index in [1.54, 1.807) is 23.0 Å². The van der Waals surface area contributed by atoms with Gasteiger partial charge >= 0.3 is 0 Å². The van der Waals surface area contributed by atoms with Crippen LogP contribution in [0.1, 0.15) is 23.5 Å². The van der Waals surface area contributed by atoms with E-state index in [0.29, 0.717) is 23.1 Å². The second kappa shape index (κ2) is 7.25. The number of anilines is 2. The van der Waals surface area contributed by atoms with Gasteiger partial charge in [0.1, 0.15) is 5.82 Å². The fraction of sp³-hybridized carbons (Fsp3) is 0.150. The van der Waals surface area contributed by atoms with Gasteiger partial charge in [0, 0.05) is 23.2 Å². The van der Waals surface area contributed by atoms with E-state index in [1.807, 2.05) is 42.5 Å². The van der Waals surface area contributed by atoms with Crippen molar-refractivity contribution in [2.24, 2.45) is 0 Å². The molecule has 3 aromatic rings. The molecule has 1 atom stereocenters. The molecule has 1 aliphatic heterocycles. The zero-order chi connectivity index (χ0) is 18.8. The number of rotatable bonds is 4. The Hall–Kier alpha value is -3.12. The molecule has 4 rings (SSSR count). The van der Waals surface area contributed by atoms with Crippen molar-refractivity contribution in [2.75, 3.05) is 10.6 Å². The normalized spacial score (nSPS) is 15.7. The highest BCUT2D eigenvalue weighted by Gasteiger charge is 2.30. The Kier molecular flexibility index (Phi) is 4.64. The molecule has 1 aliphatic rings. The monoisotopic (exact) mass is 380 g/mol. The predicted octanol–water partition coefficient (Wildman–Crippen LogP) is 3.65. The van der Waals surface area contributed by atoms with Crippen molar-refractivity contribution in [1.82, 2.24) is 9.78 Å². The summed E-state index contributed by atoms with van der Waals surface area (Å²) < 4.78 is 1.70. The standard InChI is InChI=1S/C20H17ClN4O2/c21-14-7-5-13(6-8-14)12-25-18(9-10-22-25)24-20(27)16-11-19(26)23-17-4-2-1-3-15(16)17/h1-10,16H,11-12H2,(H,23,26)(H,24,27)/t16-/m0/s1. The SMILES string of the molecule is O=C1C[C@H](C(=O)Nc2ccnn2Cc2ccc(Cl)cc2)c2ccccc2N1. The highest BCUT2D eigenvalue weighted by Crippen LogP contribution is 2.32. The predicted molar refractivity (Wildman–Crippen MR) is 104 cm³/mol. The molecule has 7 heteroatoms. The van der Waals surface area contributed by atoms with Gasteiger partial charge in [-0.25, -0.2) is 4.68 Å². The van der Waals surface area contributed by atoms with Crippen molar-refractivity contribution in [1.29, 1.82) is 0 Å². The number of hydrogen-bond donors (Lipinski definition) is 2. The lowest BCUT2D eigenvalue weighted by Gasteiger charge is -2.24. The van der Waals surface area contributed by atoms with E-state index in [0.717, 1.165) is 11.1 Å². The van der Waals surface area contributed by atoms with Crippen LogP contribution in [0.3, 0.4) is 0 Å². The first-order valence-electron chi connectivity index (χ1n) is 8.56. The third-order valence-electron chi connectivity index (χ3n) is 4.53. The van der Waals surface area contributed by atoms with Crippen LogP contribution in [-0.4, -0.2) is 21.6 Å². The maximum absolute atomic E-state index is 12.9. The number of nitrogens with one attached hydrogen (secondary N) is 2. The number of carbonyl (C=O) groups excluding carboxylic acids is 2. The number of benzene rings is 2. The van der Waals surface area contributed by atoms with Gasteiger partial charge in [0.05, 0.1) is 18.7 Å². The molecule has 0 unspecified atom stereocenters. The molecule has 0 saturated heterocycles. The van der Waals surface area contributed by atoms with Gasteiger partial charge in [-0.3, -0.25) is 9.59 Å². The molecular weight excluding hydrogens is 364 g/mol. The van der Waals surface area contributed by atoms with Gasteiger partial charge in [-0.2, -0.15) is 5.10 Å². The number of para-hydroxylation sites is 1. The van der Waals surface area contributed by atoms with Crippen LogP contribution in [0.5, 0.6) is 0 Å². The van der Waals surface area contributed by atoms with Gasteiger partial charge in [-0.15, -0.1) is 0 Å². The fourth-order valence-corrected chi connectivity index (χ4v) is 3.31. The van der Waals surface area contributed by atoms with Crippen LogP contribution in [-0.2, 0) is 16.1 Å². The summed E-state index contributed by atoms with van der Waals surface area (Å²) in [6.07, 6.45) is 1.75. The fourth-order valence-electron chi connectivity index (χ4n) is 3.19. The zero-order valence-electron chi connectivity index (χ0n) is 14.4. The summed E-state index contributed by atoms with van der Waals surface area (Å²) in [5, 5.41) is 10.7. The number of amides is 2. The molecule has 0 fully saturated rings. The Balaban J connectivity index is 1.53. The quantitative estimate of drug-likeness (QED) is 0.725. The van der Waals surface area contributed by atoms with Gasteiger partial charge in [-0.1, -0.05) is 41.9 Å². The smallest absolute Gasteiger partial charge is 0.233 e. The van der Waals surface area contributed by atoms with Crippen LogP contribution in [0.15, 0.2) is 60.8 Å². The number of fused-ring (bicyclic) bond motifs is 1. The Morgan fingerprint density at radius 1 is 1.19 bits per heavy atom.